The van der Waals surface area contributed by atoms with Crippen molar-refractivity contribution in [3.05, 3.63) is 24.3 Å². The van der Waals surface area contributed by atoms with Crippen molar-refractivity contribution in [1.82, 2.24) is 15.1 Å². The zero-order valence-corrected chi connectivity index (χ0v) is 16.2. The average molecular weight is 396 g/mol. The van der Waals surface area contributed by atoms with Crippen LogP contribution in [0.25, 0.3) is 0 Å². The number of likely N-dealkylation sites (tertiary alicyclic amines) is 1. The summed E-state index contributed by atoms with van der Waals surface area (Å²) in [5.74, 6) is 1.34. The number of benzene rings is 1. The second-order valence-electron chi connectivity index (χ2n) is 7.15. The Kier molecular flexibility index (Phi) is 6.11. The van der Waals surface area contributed by atoms with Gasteiger partial charge in [-0.05, 0) is 31.9 Å². The molecule has 0 aromatic heterocycles. The highest BCUT2D eigenvalue weighted by Crippen LogP contribution is 2.34. The fourth-order valence-electron chi connectivity index (χ4n) is 3.99. The zero-order valence-electron chi connectivity index (χ0n) is 15.4. The minimum Gasteiger partial charge on any atom is -0.482 e. The highest BCUT2D eigenvalue weighted by molar-refractivity contribution is 5.85. The first kappa shape index (κ1) is 19.8. The van der Waals surface area contributed by atoms with Crippen LogP contribution in [0.15, 0.2) is 24.3 Å². The summed E-state index contributed by atoms with van der Waals surface area (Å²) in [4.78, 5) is 29.0. The van der Waals surface area contributed by atoms with E-state index in [1.54, 1.807) is 0 Å². The molecule has 0 radical (unpaired) electrons. The third-order valence-electron chi connectivity index (χ3n) is 5.36. The molecule has 0 bridgehead atoms. The molecule has 3 heterocycles. The van der Waals surface area contributed by atoms with Crippen LogP contribution in [-0.2, 0) is 9.59 Å². The Morgan fingerprint density at radius 2 is 1.93 bits per heavy atom. The van der Waals surface area contributed by atoms with E-state index in [2.05, 4.69) is 5.32 Å². The molecule has 148 valence electrons. The number of fused-ring (bicyclic) bond motifs is 1. The predicted octanol–water partition coefficient (Wildman–Crippen LogP) is 1.06. The lowest BCUT2D eigenvalue weighted by Crippen LogP contribution is -2.59. The first-order valence-corrected chi connectivity index (χ1v) is 9.35. The van der Waals surface area contributed by atoms with Gasteiger partial charge in [0.2, 0.25) is 12.0 Å². The molecule has 27 heavy (non-hydrogen) atoms. The number of hydrogen-bond donors (Lipinski definition) is 1. The Balaban J connectivity index is 0.00000210. The van der Waals surface area contributed by atoms with Crippen LogP contribution in [0.3, 0.4) is 0 Å². The lowest BCUT2D eigenvalue weighted by atomic mass is 10.0. The van der Waals surface area contributed by atoms with Crippen molar-refractivity contribution in [2.24, 2.45) is 0 Å². The number of para-hydroxylation sites is 2. The zero-order chi connectivity index (χ0) is 18.1. The number of piperazine rings is 1. The molecule has 1 aromatic carbocycles. The van der Waals surface area contributed by atoms with Crippen LogP contribution in [0.4, 0.5) is 0 Å². The Labute approximate surface area is 165 Å². The fourth-order valence-corrected chi connectivity index (χ4v) is 3.99. The number of piperidine rings is 1. The predicted molar refractivity (Wildman–Crippen MR) is 102 cm³/mol. The van der Waals surface area contributed by atoms with Crippen molar-refractivity contribution in [1.29, 1.82) is 0 Å². The monoisotopic (exact) mass is 395 g/mol. The summed E-state index contributed by atoms with van der Waals surface area (Å²) in [6.07, 6.45) is 0.836. The van der Waals surface area contributed by atoms with Gasteiger partial charge >= 0.3 is 0 Å². The first-order valence-electron chi connectivity index (χ1n) is 9.35. The average Bonchev–Trinajstić information content (AvgIpc) is 2.67. The van der Waals surface area contributed by atoms with E-state index < -0.39 is 6.10 Å². The van der Waals surface area contributed by atoms with Crippen LogP contribution in [0.1, 0.15) is 19.8 Å². The summed E-state index contributed by atoms with van der Waals surface area (Å²) in [7, 11) is 0. The van der Waals surface area contributed by atoms with Crippen molar-refractivity contribution < 1.29 is 19.1 Å². The standard InChI is InChI=1S/C19H25N3O4.ClH/c1-13-18(26-16-7-3-2-6-15(16)25-13)19(24)21-9-4-5-14(12-21)22-10-8-20-11-17(22)23;/h2-3,6-7,13-14,18,20H,4-5,8-12H2,1H3;1H. The van der Waals surface area contributed by atoms with E-state index >= 15 is 0 Å². The number of amides is 2. The van der Waals surface area contributed by atoms with E-state index in [-0.39, 0.29) is 36.4 Å². The van der Waals surface area contributed by atoms with E-state index in [1.165, 1.54) is 0 Å². The van der Waals surface area contributed by atoms with E-state index in [9.17, 15) is 9.59 Å². The quantitative estimate of drug-likeness (QED) is 0.810. The molecule has 8 heteroatoms. The molecule has 0 spiro atoms. The highest BCUT2D eigenvalue weighted by atomic mass is 35.5. The number of carbonyl (C=O) groups excluding carboxylic acids is 2. The molecule has 2 fully saturated rings. The van der Waals surface area contributed by atoms with Crippen LogP contribution in [0.5, 0.6) is 11.5 Å². The summed E-state index contributed by atoms with van der Waals surface area (Å²) in [5.41, 5.74) is 0. The van der Waals surface area contributed by atoms with Crippen LogP contribution in [0, 0.1) is 0 Å². The summed E-state index contributed by atoms with van der Waals surface area (Å²) in [5, 5.41) is 3.10. The highest BCUT2D eigenvalue weighted by Gasteiger charge is 2.39. The number of hydrogen-bond acceptors (Lipinski definition) is 5. The fraction of sp³-hybridized carbons (Fsp3) is 0.579. The van der Waals surface area contributed by atoms with Crippen molar-refractivity contribution in [3.8, 4) is 11.5 Å². The second kappa shape index (κ2) is 8.35. The first-order chi connectivity index (χ1) is 12.6. The number of ether oxygens (including phenoxy) is 2. The van der Waals surface area contributed by atoms with E-state index in [1.807, 2.05) is 41.0 Å². The Morgan fingerprint density at radius 1 is 1.19 bits per heavy atom. The van der Waals surface area contributed by atoms with Gasteiger partial charge in [0.05, 0.1) is 6.54 Å². The minimum atomic E-state index is -0.651. The Morgan fingerprint density at radius 3 is 2.67 bits per heavy atom. The molecule has 4 rings (SSSR count). The van der Waals surface area contributed by atoms with Crippen molar-refractivity contribution >= 4 is 24.2 Å². The van der Waals surface area contributed by atoms with Crippen LogP contribution < -0.4 is 14.8 Å². The number of halogens is 1. The molecular formula is C19H26ClN3O4. The number of nitrogens with one attached hydrogen (secondary N) is 1. The second-order valence-corrected chi connectivity index (χ2v) is 7.15. The van der Waals surface area contributed by atoms with Gasteiger partial charge in [0, 0.05) is 32.2 Å². The van der Waals surface area contributed by atoms with E-state index in [4.69, 9.17) is 9.47 Å². The maximum Gasteiger partial charge on any atom is 0.267 e. The van der Waals surface area contributed by atoms with Gasteiger partial charge in [-0.1, -0.05) is 12.1 Å². The van der Waals surface area contributed by atoms with Gasteiger partial charge < -0.3 is 24.6 Å². The van der Waals surface area contributed by atoms with Crippen molar-refractivity contribution in [3.63, 3.8) is 0 Å². The number of rotatable bonds is 2. The molecule has 3 aliphatic rings. The number of nitrogens with zero attached hydrogens (tertiary/aromatic N) is 2. The third kappa shape index (κ3) is 3.99. The van der Waals surface area contributed by atoms with Gasteiger partial charge in [-0.3, -0.25) is 9.59 Å². The van der Waals surface area contributed by atoms with Crippen LogP contribution in [-0.4, -0.2) is 72.6 Å². The lowest BCUT2D eigenvalue weighted by Gasteiger charge is -2.42. The maximum atomic E-state index is 13.1. The molecule has 7 nitrogen and oxygen atoms in total. The minimum absolute atomic E-state index is 0. The van der Waals surface area contributed by atoms with Crippen molar-refractivity contribution in [2.75, 3.05) is 32.7 Å². The molecule has 0 saturated carbocycles. The molecular weight excluding hydrogens is 370 g/mol. The van der Waals surface area contributed by atoms with Crippen molar-refractivity contribution in [2.45, 2.75) is 38.0 Å². The largest absolute Gasteiger partial charge is 0.482 e. The Bertz CT molecular complexity index is 701. The molecule has 2 saturated heterocycles. The Hall–Kier alpha value is -1.99. The van der Waals surface area contributed by atoms with Gasteiger partial charge in [0.1, 0.15) is 6.10 Å². The molecule has 0 aliphatic carbocycles. The normalized spacial score (nSPS) is 27.7. The summed E-state index contributed by atoms with van der Waals surface area (Å²) in [6.45, 7) is 5.03. The van der Waals surface area contributed by atoms with Gasteiger partial charge in [-0.2, -0.15) is 0 Å². The molecule has 3 aliphatic heterocycles. The molecule has 3 atom stereocenters. The van der Waals surface area contributed by atoms with Gasteiger partial charge in [0.25, 0.3) is 5.91 Å². The topological polar surface area (TPSA) is 71.1 Å². The summed E-state index contributed by atoms with van der Waals surface area (Å²) >= 11 is 0. The van der Waals surface area contributed by atoms with Gasteiger partial charge in [-0.25, -0.2) is 0 Å². The SMILES string of the molecule is CC1Oc2ccccc2OC1C(=O)N1CCCC(N2CCNCC2=O)C1.Cl. The number of carbonyl (C=O) groups is 2. The van der Waals surface area contributed by atoms with E-state index in [0.717, 1.165) is 19.4 Å². The molecule has 1 N–H and O–H groups in total. The van der Waals surface area contributed by atoms with Gasteiger partial charge in [0.15, 0.2) is 11.5 Å². The van der Waals surface area contributed by atoms with E-state index in [0.29, 0.717) is 37.7 Å². The summed E-state index contributed by atoms with van der Waals surface area (Å²) < 4.78 is 11.8. The maximum absolute atomic E-state index is 13.1. The van der Waals surface area contributed by atoms with Crippen LogP contribution in [0.2, 0.25) is 0 Å². The smallest absolute Gasteiger partial charge is 0.267 e. The molecule has 1 aromatic rings. The third-order valence-corrected chi connectivity index (χ3v) is 5.36. The summed E-state index contributed by atoms with van der Waals surface area (Å²) in [6, 6.07) is 7.51. The molecule has 3 unspecified atom stereocenters. The molecule has 2 amide bonds. The van der Waals surface area contributed by atoms with Crippen LogP contribution >= 0.6 is 12.4 Å². The lowest BCUT2D eigenvalue weighted by molar-refractivity contribution is -0.149. The van der Waals surface area contributed by atoms with Gasteiger partial charge in [-0.15, -0.1) is 12.4 Å².